The van der Waals surface area contributed by atoms with Gasteiger partial charge < -0.3 is 4.57 Å². The monoisotopic (exact) mass is 552 g/mol. The SMILES string of the molecule is CCn1c2ccccc2c2ccc3ccc(-c4cccc(-c5nc(-c6ccccc6)cc(-c6ccccc6)n5)c4)nc3c21. The fourth-order valence-corrected chi connectivity index (χ4v) is 6.12. The average Bonchev–Trinajstić information content (AvgIpc) is 3.43. The number of benzene rings is 5. The van der Waals surface area contributed by atoms with Gasteiger partial charge in [-0.05, 0) is 31.2 Å². The van der Waals surface area contributed by atoms with E-state index in [0.717, 1.165) is 56.8 Å². The van der Waals surface area contributed by atoms with E-state index in [1.54, 1.807) is 0 Å². The lowest BCUT2D eigenvalue weighted by Gasteiger charge is -2.11. The molecular formula is C39H28N4. The lowest BCUT2D eigenvalue weighted by atomic mass is 10.0. The van der Waals surface area contributed by atoms with Gasteiger partial charge in [-0.2, -0.15) is 0 Å². The van der Waals surface area contributed by atoms with E-state index >= 15 is 0 Å². The molecule has 0 aliphatic heterocycles. The Morgan fingerprint density at radius 3 is 1.84 bits per heavy atom. The van der Waals surface area contributed by atoms with E-state index in [-0.39, 0.29) is 0 Å². The molecule has 43 heavy (non-hydrogen) atoms. The number of para-hydroxylation sites is 1. The maximum atomic E-state index is 5.28. The lowest BCUT2D eigenvalue weighted by Crippen LogP contribution is -1.97. The molecule has 4 nitrogen and oxygen atoms in total. The Kier molecular flexibility index (Phi) is 6.04. The van der Waals surface area contributed by atoms with Gasteiger partial charge in [-0.3, -0.25) is 0 Å². The van der Waals surface area contributed by atoms with Gasteiger partial charge in [0.1, 0.15) is 0 Å². The average molecular weight is 553 g/mol. The van der Waals surface area contributed by atoms with Gasteiger partial charge in [-0.15, -0.1) is 0 Å². The first-order valence-electron chi connectivity index (χ1n) is 14.7. The van der Waals surface area contributed by atoms with Crippen molar-refractivity contribution >= 4 is 32.7 Å². The summed E-state index contributed by atoms with van der Waals surface area (Å²) in [6.07, 6.45) is 0. The summed E-state index contributed by atoms with van der Waals surface area (Å²) in [5.41, 5.74) is 10.3. The van der Waals surface area contributed by atoms with Crippen LogP contribution in [0.4, 0.5) is 0 Å². The van der Waals surface area contributed by atoms with Crippen LogP contribution in [-0.4, -0.2) is 19.5 Å². The lowest BCUT2D eigenvalue weighted by molar-refractivity contribution is 0.829. The van der Waals surface area contributed by atoms with Gasteiger partial charge in [0.2, 0.25) is 0 Å². The third kappa shape index (κ3) is 4.36. The number of hydrogen-bond acceptors (Lipinski definition) is 3. The molecule has 0 saturated heterocycles. The van der Waals surface area contributed by atoms with Crippen molar-refractivity contribution in [1.29, 1.82) is 0 Å². The van der Waals surface area contributed by atoms with Crippen LogP contribution >= 0.6 is 0 Å². The molecule has 0 radical (unpaired) electrons. The maximum absolute atomic E-state index is 5.28. The fourth-order valence-electron chi connectivity index (χ4n) is 6.12. The second kappa shape index (κ2) is 10.3. The minimum absolute atomic E-state index is 0.691. The van der Waals surface area contributed by atoms with Crippen LogP contribution in [0.3, 0.4) is 0 Å². The minimum Gasteiger partial charge on any atom is -0.339 e. The summed E-state index contributed by atoms with van der Waals surface area (Å²) in [5, 5.41) is 3.64. The molecular weight excluding hydrogens is 524 g/mol. The van der Waals surface area contributed by atoms with E-state index < -0.39 is 0 Å². The third-order valence-corrected chi connectivity index (χ3v) is 8.19. The zero-order valence-electron chi connectivity index (χ0n) is 23.8. The van der Waals surface area contributed by atoms with Crippen LogP contribution in [0, 0.1) is 0 Å². The third-order valence-electron chi connectivity index (χ3n) is 8.19. The van der Waals surface area contributed by atoms with Gasteiger partial charge in [0, 0.05) is 50.5 Å². The highest BCUT2D eigenvalue weighted by molar-refractivity contribution is 6.16. The zero-order chi connectivity index (χ0) is 28.8. The number of nitrogens with zero attached hydrogens (tertiary/aromatic N) is 4. The van der Waals surface area contributed by atoms with Gasteiger partial charge in [-0.1, -0.05) is 115 Å². The quantitative estimate of drug-likeness (QED) is 0.213. The first-order chi connectivity index (χ1) is 21.3. The Labute approximate surface area is 250 Å². The Bertz CT molecular complexity index is 2210. The molecule has 4 heteroatoms. The molecule has 0 aliphatic rings. The molecule has 3 aromatic heterocycles. The van der Waals surface area contributed by atoms with Crippen molar-refractivity contribution in [3.63, 3.8) is 0 Å². The van der Waals surface area contributed by atoms with Gasteiger partial charge in [-0.25, -0.2) is 15.0 Å². The molecule has 0 amide bonds. The molecule has 5 aromatic carbocycles. The second-order valence-corrected chi connectivity index (χ2v) is 10.8. The predicted octanol–water partition coefficient (Wildman–Crippen LogP) is 9.82. The van der Waals surface area contributed by atoms with Crippen molar-refractivity contribution in [2.24, 2.45) is 0 Å². The fraction of sp³-hybridized carbons (Fsp3) is 0.0513. The second-order valence-electron chi connectivity index (χ2n) is 10.8. The number of pyridine rings is 1. The van der Waals surface area contributed by atoms with Crippen molar-refractivity contribution in [1.82, 2.24) is 19.5 Å². The number of aromatic nitrogens is 4. The van der Waals surface area contributed by atoms with E-state index in [4.69, 9.17) is 15.0 Å². The summed E-state index contributed by atoms with van der Waals surface area (Å²) in [6.45, 7) is 3.08. The van der Waals surface area contributed by atoms with E-state index in [9.17, 15) is 0 Å². The topological polar surface area (TPSA) is 43.6 Å². The molecule has 0 spiro atoms. The summed E-state index contributed by atoms with van der Waals surface area (Å²) in [6, 6.07) is 48.4. The molecule has 0 unspecified atom stereocenters. The molecule has 3 heterocycles. The van der Waals surface area contributed by atoms with Crippen molar-refractivity contribution in [2.75, 3.05) is 0 Å². The van der Waals surface area contributed by atoms with Crippen LogP contribution in [0.25, 0.3) is 77.9 Å². The summed E-state index contributed by atoms with van der Waals surface area (Å²) in [7, 11) is 0. The minimum atomic E-state index is 0.691. The molecule has 0 atom stereocenters. The van der Waals surface area contributed by atoms with Crippen molar-refractivity contribution in [3.8, 4) is 45.2 Å². The van der Waals surface area contributed by atoms with Crippen LogP contribution in [0.1, 0.15) is 6.92 Å². The molecule has 204 valence electrons. The van der Waals surface area contributed by atoms with Gasteiger partial charge >= 0.3 is 0 Å². The number of aryl methyl sites for hydroxylation is 1. The summed E-state index contributed by atoms with van der Waals surface area (Å²) in [4.78, 5) is 15.4. The normalized spacial score (nSPS) is 11.5. The maximum Gasteiger partial charge on any atom is 0.160 e. The molecule has 8 aromatic rings. The smallest absolute Gasteiger partial charge is 0.160 e. The largest absolute Gasteiger partial charge is 0.339 e. The van der Waals surface area contributed by atoms with Gasteiger partial charge in [0.25, 0.3) is 0 Å². The summed E-state index contributed by atoms with van der Waals surface area (Å²) >= 11 is 0. The highest BCUT2D eigenvalue weighted by Crippen LogP contribution is 2.35. The highest BCUT2D eigenvalue weighted by Gasteiger charge is 2.15. The van der Waals surface area contributed by atoms with Crippen LogP contribution in [0.15, 0.2) is 140 Å². The van der Waals surface area contributed by atoms with Crippen molar-refractivity contribution < 1.29 is 0 Å². The zero-order valence-corrected chi connectivity index (χ0v) is 23.8. The number of fused-ring (bicyclic) bond motifs is 5. The molecule has 0 bridgehead atoms. The summed E-state index contributed by atoms with van der Waals surface area (Å²) in [5.74, 6) is 0.691. The van der Waals surface area contributed by atoms with Gasteiger partial charge in [0.15, 0.2) is 5.82 Å². The first-order valence-corrected chi connectivity index (χ1v) is 14.7. The first kappa shape index (κ1) is 25.1. The van der Waals surface area contributed by atoms with Crippen molar-refractivity contribution in [3.05, 3.63) is 140 Å². The van der Waals surface area contributed by atoms with E-state index in [1.807, 2.05) is 36.4 Å². The molecule has 0 N–H and O–H groups in total. The van der Waals surface area contributed by atoms with Crippen LogP contribution in [-0.2, 0) is 6.54 Å². The van der Waals surface area contributed by atoms with Gasteiger partial charge in [0.05, 0.1) is 28.1 Å². The number of rotatable bonds is 5. The molecule has 0 saturated carbocycles. The molecule has 0 aliphatic carbocycles. The van der Waals surface area contributed by atoms with E-state index in [0.29, 0.717) is 5.82 Å². The Morgan fingerprint density at radius 2 is 1.12 bits per heavy atom. The molecule has 8 rings (SSSR count). The standard InChI is InChI=1S/C39H28N4/c1-2-43-36-19-10-9-18-31(36)32-22-20-28-21-23-33(40-37(28)38(32)43)29-16-11-17-30(24-29)39-41-34(26-12-5-3-6-13-26)25-35(42-39)27-14-7-4-8-15-27/h3-25H,2H2,1H3. The van der Waals surface area contributed by atoms with Crippen LogP contribution in [0.2, 0.25) is 0 Å². The van der Waals surface area contributed by atoms with E-state index in [2.05, 4.69) is 115 Å². The van der Waals surface area contributed by atoms with Crippen LogP contribution < -0.4 is 0 Å². The van der Waals surface area contributed by atoms with E-state index in [1.165, 1.54) is 21.8 Å². The number of hydrogen-bond donors (Lipinski definition) is 0. The van der Waals surface area contributed by atoms with Crippen molar-refractivity contribution in [2.45, 2.75) is 13.5 Å². The highest BCUT2D eigenvalue weighted by atomic mass is 15.0. The summed E-state index contributed by atoms with van der Waals surface area (Å²) < 4.78 is 2.38. The Hall–Kier alpha value is -5.61. The molecule has 0 fully saturated rings. The van der Waals surface area contributed by atoms with Crippen LogP contribution in [0.5, 0.6) is 0 Å². The Balaban J connectivity index is 1.29. The predicted molar refractivity (Wildman–Crippen MR) is 178 cm³/mol. The Morgan fingerprint density at radius 1 is 0.488 bits per heavy atom.